The third-order valence-electron chi connectivity index (χ3n) is 3.71. The molecular weight excluding hydrogens is 255 g/mol. The van der Waals surface area contributed by atoms with Crippen LogP contribution >= 0.6 is 0 Å². The van der Waals surface area contributed by atoms with Gasteiger partial charge in [-0.1, -0.05) is 18.2 Å². The second-order valence-corrected chi connectivity index (χ2v) is 5.15. The predicted molar refractivity (Wildman–Crippen MR) is 74.1 cm³/mol. The average molecular weight is 270 g/mol. The number of Topliss-reactive ketones (excluding diaryl/α,β-unsaturated/α-hetero) is 1. The van der Waals surface area contributed by atoms with Gasteiger partial charge in [0.15, 0.2) is 5.78 Å². The molecule has 1 heterocycles. The van der Waals surface area contributed by atoms with Crippen molar-refractivity contribution in [3.8, 4) is 0 Å². The number of hydrogen-bond donors (Lipinski definition) is 0. The SMILES string of the molecule is Cc1ccc(F)cc1CC(=O)c1ccc2c(c1)COC2. The Morgan fingerprint density at radius 2 is 1.95 bits per heavy atom. The van der Waals surface area contributed by atoms with Crippen molar-refractivity contribution in [3.63, 3.8) is 0 Å². The first kappa shape index (κ1) is 13.0. The number of carbonyl (C=O) groups is 1. The minimum atomic E-state index is -0.305. The van der Waals surface area contributed by atoms with Crippen LogP contribution in [0.2, 0.25) is 0 Å². The Hall–Kier alpha value is -2.00. The second-order valence-electron chi connectivity index (χ2n) is 5.15. The maximum Gasteiger partial charge on any atom is 0.167 e. The van der Waals surface area contributed by atoms with Crippen LogP contribution in [0.1, 0.15) is 32.6 Å². The predicted octanol–water partition coefficient (Wildman–Crippen LogP) is 3.59. The van der Waals surface area contributed by atoms with Crippen LogP contribution in [-0.4, -0.2) is 5.78 Å². The quantitative estimate of drug-likeness (QED) is 0.797. The number of benzene rings is 2. The van der Waals surface area contributed by atoms with Crippen molar-refractivity contribution in [2.75, 3.05) is 0 Å². The Balaban J connectivity index is 1.84. The van der Waals surface area contributed by atoms with Crippen LogP contribution in [0.3, 0.4) is 0 Å². The molecule has 2 nitrogen and oxygen atoms in total. The molecule has 0 radical (unpaired) electrons. The molecule has 0 saturated heterocycles. The molecule has 20 heavy (non-hydrogen) atoms. The zero-order valence-corrected chi connectivity index (χ0v) is 11.3. The zero-order valence-electron chi connectivity index (χ0n) is 11.3. The van der Waals surface area contributed by atoms with Gasteiger partial charge >= 0.3 is 0 Å². The molecule has 3 heteroatoms. The molecule has 0 spiro atoms. The molecule has 0 atom stereocenters. The molecule has 102 valence electrons. The van der Waals surface area contributed by atoms with Crippen molar-refractivity contribution >= 4 is 5.78 Å². The van der Waals surface area contributed by atoms with Crippen LogP contribution in [0.4, 0.5) is 4.39 Å². The smallest absolute Gasteiger partial charge is 0.167 e. The topological polar surface area (TPSA) is 26.3 Å². The number of ketones is 1. The number of ether oxygens (including phenoxy) is 1. The summed E-state index contributed by atoms with van der Waals surface area (Å²) < 4.78 is 18.6. The molecule has 1 aliphatic rings. The molecule has 0 saturated carbocycles. The van der Waals surface area contributed by atoms with E-state index in [4.69, 9.17) is 4.74 Å². The maximum absolute atomic E-state index is 13.3. The van der Waals surface area contributed by atoms with Gasteiger partial charge in [-0.05, 0) is 47.4 Å². The molecule has 0 bridgehead atoms. The molecule has 0 N–H and O–H groups in total. The minimum Gasteiger partial charge on any atom is -0.372 e. The Morgan fingerprint density at radius 3 is 2.80 bits per heavy atom. The summed E-state index contributed by atoms with van der Waals surface area (Å²) in [6.07, 6.45) is 0.225. The Labute approximate surface area is 117 Å². The highest BCUT2D eigenvalue weighted by Crippen LogP contribution is 2.22. The van der Waals surface area contributed by atoms with Crippen LogP contribution in [0.5, 0.6) is 0 Å². The number of carbonyl (C=O) groups excluding carboxylic acids is 1. The van der Waals surface area contributed by atoms with Gasteiger partial charge in [0.05, 0.1) is 13.2 Å². The van der Waals surface area contributed by atoms with E-state index in [0.29, 0.717) is 18.8 Å². The summed E-state index contributed by atoms with van der Waals surface area (Å²) in [6.45, 7) is 3.07. The Morgan fingerprint density at radius 1 is 1.15 bits per heavy atom. The molecule has 0 aliphatic carbocycles. The van der Waals surface area contributed by atoms with Crippen LogP contribution < -0.4 is 0 Å². The van der Waals surface area contributed by atoms with Gasteiger partial charge in [0.1, 0.15) is 5.82 Å². The minimum absolute atomic E-state index is 0.00778. The van der Waals surface area contributed by atoms with E-state index in [1.54, 1.807) is 6.07 Å². The molecule has 0 aromatic heterocycles. The van der Waals surface area contributed by atoms with Crippen LogP contribution in [0.25, 0.3) is 0 Å². The Bertz CT molecular complexity index is 677. The monoisotopic (exact) mass is 270 g/mol. The van der Waals surface area contributed by atoms with Crippen molar-refractivity contribution in [2.45, 2.75) is 26.6 Å². The summed E-state index contributed by atoms with van der Waals surface area (Å²) in [4.78, 5) is 12.3. The fourth-order valence-electron chi connectivity index (χ4n) is 2.45. The van der Waals surface area contributed by atoms with E-state index in [9.17, 15) is 9.18 Å². The van der Waals surface area contributed by atoms with E-state index in [0.717, 1.165) is 22.3 Å². The van der Waals surface area contributed by atoms with Gasteiger partial charge in [-0.2, -0.15) is 0 Å². The lowest BCUT2D eigenvalue weighted by atomic mass is 9.97. The summed E-state index contributed by atoms with van der Waals surface area (Å²) in [5.41, 5.74) is 4.56. The summed E-state index contributed by atoms with van der Waals surface area (Å²) in [6, 6.07) is 10.2. The second kappa shape index (κ2) is 5.17. The van der Waals surface area contributed by atoms with E-state index in [1.807, 2.05) is 25.1 Å². The Kier molecular flexibility index (Phi) is 3.36. The standard InChI is InChI=1S/C17H15FO2/c1-11-2-5-16(18)7-14(11)8-17(19)12-3-4-13-9-20-10-15(13)6-12/h2-7H,8-10H2,1H3. The van der Waals surface area contributed by atoms with E-state index >= 15 is 0 Å². The fourth-order valence-corrected chi connectivity index (χ4v) is 2.45. The molecule has 0 fully saturated rings. The van der Waals surface area contributed by atoms with Crippen molar-refractivity contribution < 1.29 is 13.9 Å². The zero-order chi connectivity index (χ0) is 14.1. The lowest BCUT2D eigenvalue weighted by Crippen LogP contribution is -2.06. The first-order valence-corrected chi connectivity index (χ1v) is 6.61. The number of aryl methyl sites for hydroxylation is 1. The van der Waals surface area contributed by atoms with Crippen molar-refractivity contribution in [2.24, 2.45) is 0 Å². The van der Waals surface area contributed by atoms with Crippen molar-refractivity contribution in [1.82, 2.24) is 0 Å². The molecule has 0 unspecified atom stereocenters. The number of fused-ring (bicyclic) bond motifs is 1. The first-order valence-electron chi connectivity index (χ1n) is 6.61. The third-order valence-corrected chi connectivity index (χ3v) is 3.71. The van der Waals surface area contributed by atoms with E-state index in [2.05, 4.69) is 0 Å². The molecule has 2 aromatic carbocycles. The number of hydrogen-bond acceptors (Lipinski definition) is 2. The molecule has 3 rings (SSSR count). The highest BCUT2D eigenvalue weighted by molar-refractivity contribution is 5.97. The summed E-state index contributed by atoms with van der Waals surface area (Å²) in [7, 11) is 0. The lowest BCUT2D eigenvalue weighted by molar-refractivity contribution is 0.0992. The number of halogens is 1. The van der Waals surface area contributed by atoms with Gasteiger partial charge in [-0.25, -0.2) is 4.39 Å². The average Bonchev–Trinajstić information content (AvgIpc) is 2.90. The van der Waals surface area contributed by atoms with Gasteiger partial charge in [-0.15, -0.1) is 0 Å². The van der Waals surface area contributed by atoms with Gasteiger partial charge in [0, 0.05) is 12.0 Å². The van der Waals surface area contributed by atoms with Crippen LogP contribution in [0, 0.1) is 12.7 Å². The van der Waals surface area contributed by atoms with Gasteiger partial charge in [0.25, 0.3) is 0 Å². The molecular formula is C17H15FO2. The van der Waals surface area contributed by atoms with Gasteiger partial charge in [-0.3, -0.25) is 4.79 Å². The van der Waals surface area contributed by atoms with Crippen molar-refractivity contribution in [3.05, 3.63) is 70.0 Å². The van der Waals surface area contributed by atoms with E-state index in [-0.39, 0.29) is 18.0 Å². The van der Waals surface area contributed by atoms with Gasteiger partial charge in [0.2, 0.25) is 0 Å². The van der Waals surface area contributed by atoms with Crippen molar-refractivity contribution in [1.29, 1.82) is 0 Å². The molecule has 0 amide bonds. The number of rotatable bonds is 3. The highest BCUT2D eigenvalue weighted by atomic mass is 19.1. The van der Waals surface area contributed by atoms with Gasteiger partial charge < -0.3 is 4.74 Å². The first-order chi connectivity index (χ1) is 9.63. The summed E-state index contributed by atoms with van der Waals surface area (Å²) in [5, 5.41) is 0. The fraction of sp³-hybridized carbons (Fsp3) is 0.235. The maximum atomic E-state index is 13.3. The highest BCUT2D eigenvalue weighted by Gasteiger charge is 2.15. The largest absolute Gasteiger partial charge is 0.372 e. The summed E-state index contributed by atoms with van der Waals surface area (Å²) in [5.74, 6) is -0.297. The van der Waals surface area contributed by atoms with E-state index < -0.39 is 0 Å². The third kappa shape index (κ3) is 2.49. The molecule has 1 aliphatic heterocycles. The molecule has 2 aromatic rings. The van der Waals surface area contributed by atoms with Crippen LogP contribution in [-0.2, 0) is 24.4 Å². The van der Waals surface area contributed by atoms with Crippen LogP contribution in [0.15, 0.2) is 36.4 Å². The normalized spacial score (nSPS) is 13.3. The summed E-state index contributed by atoms with van der Waals surface area (Å²) >= 11 is 0. The lowest BCUT2D eigenvalue weighted by Gasteiger charge is -2.07. The van der Waals surface area contributed by atoms with E-state index in [1.165, 1.54) is 12.1 Å².